The topological polar surface area (TPSA) is 282 Å². The van der Waals surface area contributed by atoms with E-state index in [4.69, 9.17) is 5.73 Å². The Balaban J connectivity index is 2.26. The van der Waals surface area contributed by atoms with E-state index >= 15 is 0 Å². The normalized spacial score (nSPS) is 15.4. The molecule has 0 spiro atoms. The van der Waals surface area contributed by atoms with Gasteiger partial charge in [-0.1, -0.05) is 66.2 Å². The predicted octanol–water partition coefficient (Wildman–Crippen LogP) is -0.238. The first-order chi connectivity index (χ1) is 24.4. The van der Waals surface area contributed by atoms with Crippen LogP contribution in [0.4, 0.5) is 0 Å². The number of carbonyl (C=O) groups is 7. The van der Waals surface area contributed by atoms with E-state index in [-0.39, 0.29) is 24.7 Å². The number of rotatable bonds is 21. The maximum absolute atomic E-state index is 13.7. The van der Waals surface area contributed by atoms with Crippen LogP contribution in [-0.4, -0.2) is 105 Å². The maximum Gasteiger partial charge on any atom is 0.326 e. The van der Waals surface area contributed by atoms with Crippen molar-refractivity contribution in [2.45, 2.75) is 103 Å². The van der Waals surface area contributed by atoms with Gasteiger partial charge in [-0.2, -0.15) is 0 Å². The molecule has 0 unspecified atom stereocenters. The van der Waals surface area contributed by atoms with Crippen molar-refractivity contribution in [1.29, 1.82) is 0 Å². The number of aliphatic hydroxyl groups is 1. The van der Waals surface area contributed by atoms with E-state index in [9.17, 15) is 48.9 Å². The van der Waals surface area contributed by atoms with Crippen molar-refractivity contribution in [3.8, 4) is 0 Å². The molecule has 0 saturated carbocycles. The Labute approximate surface area is 302 Å². The minimum atomic E-state index is -1.71. The third-order valence-electron chi connectivity index (χ3n) is 8.70. The SMILES string of the molecule is CC[C@H](C)[C@H](NC(=O)[C@H](CC(C)C)NC(=O)[C@H](CO)NC(=O)[C@@H](N)C(C)C)C(=O)N[C@@H](CC(=O)O)C(=O)N[C@@H](Cc1c[nH]c2ccccc12)C(=O)O. The Hall–Kier alpha value is -5.03. The van der Waals surface area contributed by atoms with Crippen LogP contribution in [0.3, 0.4) is 0 Å². The van der Waals surface area contributed by atoms with E-state index in [0.29, 0.717) is 12.0 Å². The molecule has 17 nitrogen and oxygen atoms in total. The summed E-state index contributed by atoms with van der Waals surface area (Å²) < 4.78 is 0. The number of amides is 5. The monoisotopic (exact) mass is 731 g/mol. The lowest BCUT2D eigenvalue weighted by Crippen LogP contribution is -2.61. The molecular formula is C35H53N7O10. The van der Waals surface area contributed by atoms with Crippen molar-refractivity contribution in [3.63, 3.8) is 0 Å². The molecule has 0 bridgehead atoms. The average molecular weight is 732 g/mol. The van der Waals surface area contributed by atoms with Gasteiger partial charge in [-0.15, -0.1) is 0 Å². The fourth-order valence-electron chi connectivity index (χ4n) is 5.33. The van der Waals surface area contributed by atoms with Gasteiger partial charge in [0.15, 0.2) is 0 Å². The second kappa shape index (κ2) is 20.1. The van der Waals surface area contributed by atoms with Crippen LogP contribution in [0.1, 0.15) is 66.4 Å². The van der Waals surface area contributed by atoms with Gasteiger partial charge < -0.3 is 52.6 Å². The molecule has 52 heavy (non-hydrogen) atoms. The number of fused-ring (bicyclic) bond motifs is 1. The van der Waals surface area contributed by atoms with Gasteiger partial charge in [0, 0.05) is 23.5 Å². The molecular weight excluding hydrogens is 678 g/mol. The highest BCUT2D eigenvalue weighted by molar-refractivity contribution is 5.97. The molecule has 17 heteroatoms. The lowest BCUT2D eigenvalue weighted by Gasteiger charge is -2.29. The van der Waals surface area contributed by atoms with Crippen molar-refractivity contribution < 1.29 is 48.9 Å². The second-order valence-corrected chi connectivity index (χ2v) is 13.7. The van der Waals surface area contributed by atoms with Gasteiger partial charge in [-0.05, 0) is 35.8 Å². The largest absolute Gasteiger partial charge is 0.481 e. The zero-order chi connectivity index (χ0) is 39.3. The minimum absolute atomic E-state index is 0.0983. The molecule has 2 rings (SSSR count). The van der Waals surface area contributed by atoms with Gasteiger partial charge in [0.2, 0.25) is 29.5 Å². The zero-order valence-corrected chi connectivity index (χ0v) is 30.4. The molecule has 1 aromatic carbocycles. The average Bonchev–Trinajstić information content (AvgIpc) is 3.49. The molecule has 1 aromatic heterocycles. The number of aromatic nitrogens is 1. The summed E-state index contributed by atoms with van der Waals surface area (Å²) in [4.78, 5) is 93.1. The van der Waals surface area contributed by atoms with E-state index in [1.807, 2.05) is 0 Å². The first kappa shape index (κ1) is 43.1. The fourth-order valence-corrected chi connectivity index (χ4v) is 5.33. The van der Waals surface area contributed by atoms with E-state index in [2.05, 4.69) is 31.6 Å². The minimum Gasteiger partial charge on any atom is -0.481 e. The number of hydrogen-bond acceptors (Lipinski definition) is 9. The molecule has 2 aromatic rings. The third kappa shape index (κ3) is 12.6. The fraction of sp³-hybridized carbons (Fsp3) is 0.571. The Morgan fingerprint density at radius 3 is 1.87 bits per heavy atom. The summed E-state index contributed by atoms with van der Waals surface area (Å²) in [6, 6.07) is -0.947. The molecule has 0 saturated heterocycles. The Morgan fingerprint density at radius 1 is 0.750 bits per heavy atom. The highest BCUT2D eigenvalue weighted by atomic mass is 16.4. The number of benzene rings is 1. The van der Waals surface area contributed by atoms with Crippen molar-refractivity contribution in [3.05, 3.63) is 36.0 Å². The van der Waals surface area contributed by atoms with E-state index < -0.39 is 96.7 Å². The molecule has 0 fully saturated rings. The lowest BCUT2D eigenvalue weighted by molar-refractivity contribution is -0.143. The van der Waals surface area contributed by atoms with E-state index in [1.165, 1.54) is 0 Å². The van der Waals surface area contributed by atoms with Gasteiger partial charge in [-0.3, -0.25) is 28.8 Å². The number of carboxylic acids is 2. The zero-order valence-electron chi connectivity index (χ0n) is 30.4. The summed E-state index contributed by atoms with van der Waals surface area (Å²) in [7, 11) is 0. The van der Waals surface area contributed by atoms with Crippen LogP contribution in [0.25, 0.3) is 10.9 Å². The van der Waals surface area contributed by atoms with Gasteiger partial charge >= 0.3 is 11.9 Å². The number of nitrogens with two attached hydrogens (primary N) is 1. The highest BCUT2D eigenvalue weighted by Crippen LogP contribution is 2.19. The van der Waals surface area contributed by atoms with Gasteiger partial charge in [0.1, 0.15) is 30.2 Å². The van der Waals surface area contributed by atoms with Crippen molar-refractivity contribution in [2.24, 2.45) is 23.5 Å². The lowest BCUT2D eigenvalue weighted by atomic mass is 9.96. The van der Waals surface area contributed by atoms with Crippen LogP contribution in [-0.2, 0) is 40.0 Å². The summed E-state index contributed by atoms with van der Waals surface area (Å²) in [5, 5.41) is 42.2. The Morgan fingerprint density at radius 2 is 1.31 bits per heavy atom. The van der Waals surface area contributed by atoms with E-state index in [1.54, 1.807) is 72.0 Å². The summed E-state index contributed by atoms with van der Waals surface area (Å²) in [5.41, 5.74) is 7.20. The molecule has 7 atom stereocenters. The van der Waals surface area contributed by atoms with Crippen LogP contribution in [0.15, 0.2) is 30.5 Å². The molecule has 5 amide bonds. The first-order valence-electron chi connectivity index (χ1n) is 17.3. The van der Waals surface area contributed by atoms with Gasteiger partial charge in [0.25, 0.3) is 0 Å². The number of aliphatic hydroxyl groups excluding tert-OH is 1. The summed E-state index contributed by atoms with van der Waals surface area (Å²) in [6.07, 6.45) is 1.04. The van der Waals surface area contributed by atoms with Crippen molar-refractivity contribution in [1.82, 2.24) is 31.6 Å². The number of aromatic amines is 1. The molecule has 0 radical (unpaired) electrons. The molecule has 0 aliphatic rings. The van der Waals surface area contributed by atoms with Crippen LogP contribution in [0.2, 0.25) is 0 Å². The molecule has 288 valence electrons. The maximum atomic E-state index is 13.7. The number of H-pyrrole nitrogens is 1. The summed E-state index contributed by atoms with van der Waals surface area (Å²) in [6.45, 7) is 9.59. The van der Waals surface area contributed by atoms with Crippen molar-refractivity contribution in [2.75, 3.05) is 6.61 Å². The van der Waals surface area contributed by atoms with Gasteiger partial charge in [-0.25, -0.2) is 4.79 Å². The highest BCUT2D eigenvalue weighted by Gasteiger charge is 2.35. The molecule has 1 heterocycles. The van der Waals surface area contributed by atoms with Crippen LogP contribution < -0.4 is 32.3 Å². The van der Waals surface area contributed by atoms with Crippen LogP contribution >= 0.6 is 0 Å². The molecule has 0 aliphatic heterocycles. The molecule has 0 aliphatic carbocycles. The quantitative estimate of drug-likeness (QED) is 0.0800. The molecule has 11 N–H and O–H groups in total. The number of carboxylic acid groups (broad SMARTS) is 2. The van der Waals surface area contributed by atoms with Gasteiger partial charge in [0.05, 0.1) is 19.1 Å². The summed E-state index contributed by atoms with van der Waals surface area (Å²) >= 11 is 0. The van der Waals surface area contributed by atoms with E-state index in [0.717, 1.165) is 10.9 Å². The van der Waals surface area contributed by atoms with Crippen LogP contribution in [0.5, 0.6) is 0 Å². The smallest absolute Gasteiger partial charge is 0.326 e. The predicted molar refractivity (Wildman–Crippen MR) is 190 cm³/mol. The third-order valence-corrected chi connectivity index (χ3v) is 8.70. The Kier molecular flexibility index (Phi) is 16.7. The number of para-hydroxylation sites is 1. The van der Waals surface area contributed by atoms with Crippen molar-refractivity contribution >= 4 is 52.4 Å². The summed E-state index contributed by atoms with van der Waals surface area (Å²) in [5.74, 6) is -8.07. The van der Waals surface area contributed by atoms with Crippen LogP contribution in [0, 0.1) is 17.8 Å². The number of carbonyl (C=O) groups excluding carboxylic acids is 5. The first-order valence-corrected chi connectivity index (χ1v) is 17.3. The number of nitrogens with one attached hydrogen (secondary N) is 6. The number of aliphatic carboxylic acids is 2. The second-order valence-electron chi connectivity index (χ2n) is 13.7. The standard InChI is InChI=1S/C35H53N7O10/c1-7-19(6)29(42-31(47)23(12-17(2)3)38-32(48)26(16-43)41-33(49)28(36)18(4)5)34(50)39-24(14-27(44)45)30(46)40-25(35(51)52)13-20-15-37-22-11-9-8-10-21(20)22/h8-11,15,17-19,23-26,28-29,37,43H,7,12-14,16,36H2,1-6H3,(H,38,48)(H,39,50)(H,40,46)(H,41,49)(H,42,47)(H,44,45)(H,51,52)/t19-,23-,24-,25-,26-,28-,29-/m0/s1. The number of hydrogen-bond donors (Lipinski definition) is 10. The Bertz CT molecular complexity index is 1580.